The molecule has 2 N–H and O–H groups in total. The maximum atomic E-state index is 13.7. The average Bonchev–Trinajstić information content (AvgIpc) is 3.22. The van der Waals surface area contributed by atoms with Crippen molar-refractivity contribution in [2.24, 2.45) is 0 Å². The number of hydrogen-bond acceptors (Lipinski definition) is 6. The Balaban J connectivity index is 1.55. The molecule has 2 heterocycles. The number of benzene rings is 3. The molecule has 7 nitrogen and oxygen atoms in total. The highest BCUT2D eigenvalue weighted by Gasteiger charge is 2.45. The first-order valence-corrected chi connectivity index (χ1v) is 14.6. The van der Waals surface area contributed by atoms with Gasteiger partial charge in [-0.15, -0.1) is 11.3 Å². The van der Waals surface area contributed by atoms with Crippen molar-refractivity contribution in [2.45, 2.75) is 42.7 Å². The molecule has 0 fully saturated rings. The average molecular weight is 571 g/mol. The Bertz CT molecular complexity index is 1650. The van der Waals surface area contributed by atoms with Gasteiger partial charge in [-0.05, 0) is 80.3 Å². The van der Waals surface area contributed by atoms with Gasteiger partial charge in [-0.1, -0.05) is 29.8 Å². The molecule has 4 aromatic rings. The fraction of sp³-hybridized carbons (Fsp3) is 0.250. The second kappa shape index (κ2) is 9.66. The molecule has 10 heteroatoms. The number of carbonyl (C=O) groups excluding carboxylic acids is 1. The lowest BCUT2D eigenvalue weighted by Crippen LogP contribution is -2.53. The van der Waals surface area contributed by atoms with Crippen molar-refractivity contribution in [1.82, 2.24) is 4.72 Å². The number of nitrogens with zero attached hydrogens (tertiary/aromatic N) is 1. The molecule has 0 bridgehead atoms. The Morgan fingerprint density at radius 3 is 2.53 bits per heavy atom. The van der Waals surface area contributed by atoms with E-state index in [1.807, 2.05) is 30.3 Å². The Labute approximate surface area is 230 Å². The smallest absolute Gasteiger partial charge is 0.258 e. The van der Waals surface area contributed by atoms with Crippen molar-refractivity contribution >= 4 is 54.6 Å². The minimum Gasteiger partial charge on any atom is -0.485 e. The van der Waals surface area contributed by atoms with Gasteiger partial charge in [0.2, 0.25) is 0 Å². The molecule has 1 aliphatic heterocycles. The number of hydrogen-bond donors (Lipinski definition) is 2. The van der Waals surface area contributed by atoms with Gasteiger partial charge in [-0.2, -0.15) is 0 Å². The number of para-hydroxylation sites is 1. The summed E-state index contributed by atoms with van der Waals surface area (Å²) in [4.78, 5) is 14.8. The van der Waals surface area contributed by atoms with Crippen LogP contribution in [0.5, 0.6) is 5.75 Å². The van der Waals surface area contributed by atoms with E-state index in [-0.39, 0.29) is 10.1 Å². The number of nitrogens with one attached hydrogen (secondary N) is 1. The number of carbonyl (C=O) groups is 1. The highest BCUT2D eigenvalue weighted by molar-refractivity contribution is 7.91. The molecule has 0 saturated carbocycles. The summed E-state index contributed by atoms with van der Waals surface area (Å²) in [5.41, 5.74) is 0.923. The van der Waals surface area contributed by atoms with Gasteiger partial charge >= 0.3 is 0 Å². The van der Waals surface area contributed by atoms with Crippen LogP contribution >= 0.6 is 22.9 Å². The molecular formula is C28H27ClN2O5S2. The van der Waals surface area contributed by atoms with Gasteiger partial charge in [0.15, 0.2) is 0 Å². The van der Waals surface area contributed by atoms with E-state index in [1.165, 1.54) is 4.90 Å². The quantitative estimate of drug-likeness (QED) is 0.321. The summed E-state index contributed by atoms with van der Waals surface area (Å²) in [5, 5.41) is 12.5. The lowest BCUT2D eigenvalue weighted by Gasteiger charge is -2.42. The number of halogens is 1. The lowest BCUT2D eigenvalue weighted by molar-refractivity contribution is -0.0603. The number of thiophene rings is 1. The zero-order valence-electron chi connectivity index (χ0n) is 21.2. The normalized spacial score (nSPS) is 18.6. The van der Waals surface area contributed by atoms with E-state index in [9.17, 15) is 18.3 Å². The first kappa shape index (κ1) is 26.6. The van der Waals surface area contributed by atoms with Crippen LogP contribution in [0, 0.1) is 6.92 Å². The van der Waals surface area contributed by atoms with Crippen LogP contribution in [0.15, 0.2) is 70.9 Å². The van der Waals surface area contributed by atoms with Crippen molar-refractivity contribution in [3.63, 3.8) is 0 Å². The second-order valence-corrected chi connectivity index (χ2v) is 13.3. The summed E-state index contributed by atoms with van der Waals surface area (Å²) in [6.45, 7) is 5.12. The minimum absolute atomic E-state index is 0.142. The van der Waals surface area contributed by atoms with Crippen LogP contribution < -0.4 is 14.4 Å². The first-order chi connectivity index (χ1) is 17.9. The summed E-state index contributed by atoms with van der Waals surface area (Å²) in [7, 11) is -2.40. The molecule has 0 aliphatic carbocycles. The zero-order valence-corrected chi connectivity index (χ0v) is 23.6. The molecule has 5 rings (SSSR count). The Kier molecular flexibility index (Phi) is 6.77. The first-order valence-electron chi connectivity index (χ1n) is 11.9. The molecule has 1 amide bonds. The fourth-order valence-electron chi connectivity index (χ4n) is 4.67. The maximum absolute atomic E-state index is 13.7. The lowest BCUT2D eigenvalue weighted by atomic mass is 9.86. The third kappa shape index (κ3) is 4.69. The topological polar surface area (TPSA) is 95.9 Å². The number of amides is 1. The largest absolute Gasteiger partial charge is 0.485 e. The molecule has 0 radical (unpaired) electrons. The number of aliphatic hydroxyl groups excluding tert-OH is 1. The second-order valence-electron chi connectivity index (χ2n) is 9.86. The van der Waals surface area contributed by atoms with Crippen LogP contribution in [0.3, 0.4) is 0 Å². The number of anilines is 1. The van der Waals surface area contributed by atoms with Gasteiger partial charge in [0.25, 0.3) is 15.9 Å². The van der Waals surface area contributed by atoms with Crippen LogP contribution in [0.1, 0.15) is 41.4 Å². The summed E-state index contributed by atoms with van der Waals surface area (Å²) in [5.74, 6) is 0.115. The Morgan fingerprint density at radius 1 is 1.11 bits per heavy atom. The summed E-state index contributed by atoms with van der Waals surface area (Å²) < 4.78 is 37.1. The van der Waals surface area contributed by atoms with E-state index >= 15 is 0 Å². The van der Waals surface area contributed by atoms with Crippen LogP contribution in [0.25, 0.3) is 10.1 Å². The molecule has 38 heavy (non-hydrogen) atoms. The highest BCUT2D eigenvalue weighted by atomic mass is 35.5. The molecule has 198 valence electrons. The molecule has 0 unspecified atom stereocenters. The van der Waals surface area contributed by atoms with Gasteiger partial charge < -0.3 is 14.7 Å². The van der Waals surface area contributed by atoms with Gasteiger partial charge in [0.05, 0.1) is 6.04 Å². The van der Waals surface area contributed by atoms with Crippen LogP contribution in [0.2, 0.25) is 5.02 Å². The predicted octanol–water partition coefficient (Wildman–Crippen LogP) is 5.69. The maximum Gasteiger partial charge on any atom is 0.258 e. The summed E-state index contributed by atoms with van der Waals surface area (Å²) >= 11 is 7.28. The number of ether oxygens (including phenoxy) is 1. The molecular weight excluding hydrogens is 544 g/mol. The standard InChI is InChI=1S/C28H27ClN2O5S2/c1-16-20-15-18(29)11-13-23(20)37-27(16)38(34,35)30-24-21-14-17(10-12-22(21)36-28(2,3)25(24)32)26(33)31(4)19-8-6-5-7-9-19/h5-15,24-25,30,32H,1-4H3/t24-,25+/m1/s1. The SMILES string of the molecule is Cc1c(S(=O)(=O)N[C@@H]2c3cc(C(=O)N(C)c4ccccc4)ccc3OC(C)(C)[C@H]2O)sc2ccc(Cl)cc12. The van der Waals surface area contributed by atoms with Gasteiger partial charge in [0, 0.05) is 33.6 Å². The van der Waals surface area contributed by atoms with E-state index in [2.05, 4.69) is 4.72 Å². The van der Waals surface area contributed by atoms with Crippen LogP contribution in [-0.4, -0.2) is 38.2 Å². The minimum atomic E-state index is -4.07. The monoisotopic (exact) mass is 570 g/mol. The summed E-state index contributed by atoms with van der Waals surface area (Å²) in [6, 6.07) is 18.2. The molecule has 1 aliphatic rings. The van der Waals surface area contributed by atoms with Crippen LogP contribution in [-0.2, 0) is 10.0 Å². The number of fused-ring (bicyclic) bond motifs is 2. The van der Waals surface area contributed by atoms with Crippen molar-refractivity contribution in [1.29, 1.82) is 0 Å². The number of rotatable bonds is 5. The predicted molar refractivity (Wildman–Crippen MR) is 151 cm³/mol. The molecule has 0 spiro atoms. The van der Waals surface area contributed by atoms with Gasteiger partial charge in [0.1, 0.15) is 21.7 Å². The third-order valence-corrected chi connectivity index (χ3v) is 10.4. The highest BCUT2D eigenvalue weighted by Crippen LogP contribution is 2.42. The van der Waals surface area contributed by atoms with Crippen molar-refractivity contribution in [2.75, 3.05) is 11.9 Å². The van der Waals surface area contributed by atoms with E-state index in [1.54, 1.807) is 64.2 Å². The molecule has 2 atom stereocenters. The fourth-order valence-corrected chi connectivity index (χ4v) is 7.83. The van der Waals surface area contributed by atoms with E-state index in [4.69, 9.17) is 16.3 Å². The third-order valence-electron chi connectivity index (χ3n) is 6.82. The Morgan fingerprint density at radius 2 is 1.82 bits per heavy atom. The zero-order chi connectivity index (χ0) is 27.4. The van der Waals surface area contributed by atoms with Crippen LogP contribution in [0.4, 0.5) is 5.69 Å². The van der Waals surface area contributed by atoms with Crippen molar-refractivity contribution < 1.29 is 23.1 Å². The molecule has 0 saturated heterocycles. The van der Waals surface area contributed by atoms with E-state index in [0.717, 1.165) is 21.4 Å². The number of aryl methyl sites for hydroxylation is 1. The van der Waals surface area contributed by atoms with Crippen molar-refractivity contribution in [3.8, 4) is 5.75 Å². The number of sulfonamides is 1. The molecule has 3 aromatic carbocycles. The van der Waals surface area contributed by atoms with E-state index < -0.39 is 27.8 Å². The van der Waals surface area contributed by atoms with E-state index in [0.29, 0.717) is 33.1 Å². The van der Waals surface area contributed by atoms with Gasteiger partial charge in [-0.25, -0.2) is 13.1 Å². The molecule has 1 aromatic heterocycles. The van der Waals surface area contributed by atoms with Crippen molar-refractivity contribution in [3.05, 3.63) is 88.4 Å². The Hall–Kier alpha value is -2.95. The summed E-state index contributed by atoms with van der Waals surface area (Å²) in [6.07, 6.45) is -1.23. The van der Waals surface area contributed by atoms with Gasteiger partial charge in [-0.3, -0.25) is 4.79 Å². The number of aliphatic hydroxyl groups is 1.